The highest BCUT2D eigenvalue weighted by Gasteiger charge is 2.58. The highest BCUT2D eigenvalue weighted by Crippen LogP contribution is 2.62. The van der Waals surface area contributed by atoms with E-state index in [-0.39, 0.29) is 18.3 Å². The summed E-state index contributed by atoms with van der Waals surface area (Å²) < 4.78 is 6.07. The van der Waals surface area contributed by atoms with Crippen molar-refractivity contribution in [1.82, 2.24) is 4.90 Å². The summed E-state index contributed by atoms with van der Waals surface area (Å²) in [6.45, 7) is 11.7. The van der Waals surface area contributed by atoms with Gasteiger partial charge in [-0.1, -0.05) is 129 Å². The molecule has 10 rings (SSSR count). The van der Waals surface area contributed by atoms with Gasteiger partial charge in [0.2, 0.25) is 0 Å². The van der Waals surface area contributed by atoms with Crippen LogP contribution in [0.2, 0.25) is 0 Å². The smallest absolute Gasteiger partial charge is 0.193 e. The molecule has 4 fully saturated rings. The molecule has 4 aromatic rings. The van der Waals surface area contributed by atoms with Crippen LogP contribution in [0.4, 0.5) is 0 Å². The van der Waals surface area contributed by atoms with Crippen molar-refractivity contribution in [3.05, 3.63) is 143 Å². The van der Waals surface area contributed by atoms with Crippen molar-refractivity contribution in [3.8, 4) is 11.1 Å². The van der Waals surface area contributed by atoms with Crippen LogP contribution in [0.15, 0.2) is 115 Å². The van der Waals surface area contributed by atoms with Gasteiger partial charge in [0, 0.05) is 36.2 Å². The van der Waals surface area contributed by atoms with Crippen molar-refractivity contribution < 1.29 is 24.9 Å². The Labute approximate surface area is 365 Å². The summed E-state index contributed by atoms with van der Waals surface area (Å²) in [6, 6.07) is 34.5. The molecule has 0 saturated heterocycles. The number of allylic oxidation sites excluding steroid dienone is 2. The SMILES string of the molecule is CC1=CCC[C@@]2(C)[C@@H](CC[C@@]2(O)CN(C[C@@H](O)COCc2ccccc2)C[C@@H]2CC[C@H]3C[C@@H]2C3(C)C)c2ccc(cc2C(=O)c2ccc(-c3ccccc3)cc2)C[C@@H](O)CC1. The standard InChI is InChI=1S/C55H69NO5/c1-38-12-11-28-54(4)50(48-26-18-40(30-46(57)25-17-38)31-49(48)52(59)43-21-19-42(20-22-43)41-15-9-6-10-16-41)27-29-55(54,60)37-56(33-44-23-24-45-32-51(44)53(45,2)3)34-47(58)36-61-35-39-13-7-5-8-14-39/h5-10,12-16,18-22,26,31,44-47,50-51,57-58,60H,11,17,23-25,27-30,32-37H2,1-4H3/t44-,45-,46-,47+,50-,51-,54-,55+/m0/s1. The molecule has 0 radical (unpaired) electrons. The highest BCUT2D eigenvalue weighted by molar-refractivity contribution is 6.10. The first-order valence-electron chi connectivity index (χ1n) is 23.2. The Morgan fingerprint density at radius 1 is 0.869 bits per heavy atom. The first kappa shape index (κ1) is 43.7. The number of carbonyl (C=O) groups is 1. The lowest BCUT2D eigenvalue weighted by Gasteiger charge is -2.61. The van der Waals surface area contributed by atoms with Gasteiger partial charge < -0.3 is 20.1 Å². The molecule has 0 aliphatic heterocycles. The van der Waals surface area contributed by atoms with Crippen molar-refractivity contribution in [1.29, 1.82) is 0 Å². The van der Waals surface area contributed by atoms with Crippen molar-refractivity contribution in [3.63, 3.8) is 0 Å². The summed E-state index contributed by atoms with van der Waals surface area (Å²) in [7, 11) is 0. The average molecular weight is 824 g/mol. The number of aliphatic hydroxyl groups excluding tert-OH is 2. The van der Waals surface area contributed by atoms with E-state index in [0.29, 0.717) is 67.3 Å². The molecule has 6 nitrogen and oxygen atoms in total. The van der Waals surface area contributed by atoms with E-state index in [4.69, 9.17) is 4.74 Å². The average Bonchev–Trinajstić information content (AvgIpc) is 3.51. The number of aliphatic hydroxyl groups is 3. The van der Waals surface area contributed by atoms with Crippen LogP contribution < -0.4 is 0 Å². The third kappa shape index (κ3) is 9.41. The molecular weight excluding hydrogens is 755 g/mol. The summed E-state index contributed by atoms with van der Waals surface area (Å²) in [5.41, 5.74) is 6.46. The molecule has 0 amide bonds. The lowest BCUT2D eigenvalue weighted by molar-refractivity contribution is -0.127. The molecule has 4 aromatic carbocycles. The molecule has 4 saturated carbocycles. The molecule has 324 valence electrons. The third-order valence-corrected chi connectivity index (χ3v) is 16.0. The van der Waals surface area contributed by atoms with Gasteiger partial charge in [-0.05, 0) is 134 Å². The predicted octanol–water partition coefficient (Wildman–Crippen LogP) is 10.6. The maximum atomic E-state index is 14.8. The minimum absolute atomic E-state index is 0.0226. The van der Waals surface area contributed by atoms with Gasteiger partial charge in [0.25, 0.3) is 0 Å². The van der Waals surface area contributed by atoms with Gasteiger partial charge in [-0.25, -0.2) is 0 Å². The highest BCUT2D eigenvalue weighted by atomic mass is 16.5. The van der Waals surface area contributed by atoms with E-state index >= 15 is 0 Å². The summed E-state index contributed by atoms with van der Waals surface area (Å²) in [6.07, 6.45) is 9.70. The van der Waals surface area contributed by atoms with Crippen LogP contribution in [-0.4, -0.2) is 70.1 Å². The molecular formula is C55H69NO5. The predicted molar refractivity (Wildman–Crippen MR) is 245 cm³/mol. The molecule has 3 N–H and O–H groups in total. The van der Waals surface area contributed by atoms with E-state index in [0.717, 1.165) is 66.0 Å². The van der Waals surface area contributed by atoms with Gasteiger partial charge in [0.1, 0.15) is 0 Å². The number of ether oxygens (including phenoxy) is 1. The first-order valence-corrected chi connectivity index (χ1v) is 23.2. The Morgan fingerprint density at radius 3 is 2.31 bits per heavy atom. The van der Waals surface area contributed by atoms with Gasteiger partial charge in [-0.15, -0.1) is 0 Å². The molecule has 6 aliphatic rings. The van der Waals surface area contributed by atoms with Crippen LogP contribution in [0.5, 0.6) is 0 Å². The lowest BCUT2D eigenvalue weighted by atomic mass is 9.45. The lowest BCUT2D eigenvalue weighted by Crippen LogP contribution is -2.58. The van der Waals surface area contributed by atoms with Gasteiger partial charge in [-0.2, -0.15) is 0 Å². The van der Waals surface area contributed by atoms with E-state index in [1.54, 1.807) is 0 Å². The Balaban J connectivity index is 1.11. The molecule has 0 aromatic heterocycles. The number of carbonyl (C=O) groups excluding carboxylic acids is 1. The number of hydrogen-bond acceptors (Lipinski definition) is 6. The fraction of sp³-hybridized carbons (Fsp3) is 0.509. The fourth-order valence-electron chi connectivity index (χ4n) is 12.1. The van der Waals surface area contributed by atoms with Crippen LogP contribution >= 0.6 is 0 Å². The summed E-state index contributed by atoms with van der Waals surface area (Å²) in [5.74, 6) is 1.87. The van der Waals surface area contributed by atoms with E-state index in [2.05, 4.69) is 62.9 Å². The maximum absolute atomic E-state index is 14.8. The monoisotopic (exact) mass is 824 g/mol. The fourth-order valence-corrected chi connectivity index (χ4v) is 12.1. The second-order valence-corrected chi connectivity index (χ2v) is 20.3. The van der Waals surface area contributed by atoms with Crippen molar-refractivity contribution in [2.24, 2.45) is 28.6 Å². The maximum Gasteiger partial charge on any atom is 0.193 e. The second kappa shape index (κ2) is 18.4. The first-order chi connectivity index (χ1) is 29.3. The Bertz CT molecular complexity index is 2130. The molecule has 4 bridgehead atoms. The van der Waals surface area contributed by atoms with Gasteiger partial charge in [0.15, 0.2) is 5.78 Å². The van der Waals surface area contributed by atoms with Crippen LogP contribution in [-0.2, 0) is 17.8 Å². The summed E-state index contributed by atoms with van der Waals surface area (Å²) in [4.78, 5) is 17.2. The van der Waals surface area contributed by atoms with E-state index in [9.17, 15) is 20.1 Å². The van der Waals surface area contributed by atoms with Crippen LogP contribution in [0.25, 0.3) is 11.1 Å². The number of ketones is 1. The van der Waals surface area contributed by atoms with Gasteiger partial charge >= 0.3 is 0 Å². The number of benzene rings is 4. The van der Waals surface area contributed by atoms with Gasteiger partial charge in [0.05, 0.1) is 31.0 Å². The Kier molecular flexibility index (Phi) is 13.2. The third-order valence-electron chi connectivity index (χ3n) is 16.0. The van der Waals surface area contributed by atoms with E-state index < -0.39 is 23.2 Å². The van der Waals surface area contributed by atoms with Crippen LogP contribution in [0.3, 0.4) is 0 Å². The molecule has 6 aliphatic carbocycles. The molecule has 6 heteroatoms. The summed E-state index contributed by atoms with van der Waals surface area (Å²) >= 11 is 0. The van der Waals surface area contributed by atoms with Crippen LogP contribution in [0.1, 0.15) is 124 Å². The number of rotatable bonds is 13. The Morgan fingerprint density at radius 2 is 1.59 bits per heavy atom. The largest absolute Gasteiger partial charge is 0.393 e. The minimum Gasteiger partial charge on any atom is -0.393 e. The normalized spacial score (nSPS) is 29.0. The number of nitrogens with zero attached hydrogens (tertiary/aromatic N) is 1. The topological polar surface area (TPSA) is 90.2 Å². The molecule has 0 unspecified atom stereocenters. The zero-order chi connectivity index (χ0) is 42.8. The molecule has 8 atom stereocenters. The van der Waals surface area contributed by atoms with Gasteiger partial charge in [-0.3, -0.25) is 9.69 Å². The zero-order valence-electron chi connectivity index (χ0n) is 37.1. The number of fused-ring (bicyclic) bond motifs is 10. The quantitative estimate of drug-likeness (QED) is 0.0919. The van der Waals surface area contributed by atoms with Crippen molar-refractivity contribution in [2.75, 3.05) is 26.2 Å². The second-order valence-electron chi connectivity index (χ2n) is 20.3. The number of hydrogen-bond donors (Lipinski definition) is 3. The molecule has 0 heterocycles. The minimum atomic E-state index is -1.07. The van der Waals surface area contributed by atoms with E-state index in [1.165, 1.54) is 24.8 Å². The van der Waals surface area contributed by atoms with Crippen LogP contribution in [0, 0.1) is 28.6 Å². The zero-order valence-corrected chi connectivity index (χ0v) is 37.1. The van der Waals surface area contributed by atoms with Crippen molar-refractivity contribution in [2.45, 2.75) is 122 Å². The summed E-state index contributed by atoms with van der Waals surface area (Å²) in [5, 5.41) is 36.2. The molecule has 0 spiro atoms. The Hall–Kier alpha value is -3.91. The van der Waals surface area contributed by atoms with Crippen molar-refractivity contribution >= 4 is 5.78 Å². The molecule has 61 heavy (non-hydrogen) atoms. The van der Waals surface area contributed by atoms with E-state index in [1.807, 2.05) is 78.9 Å².